The van der Waals surface area contributed by atoms with Gasteiger partial charge in [0.1, 0.15) is 5.75 Å². The van der Waals surface area contributed by atoms with E-state index in [1.807, 2.05) is 6.07 Å². The second kappa shape index (κ2) is 7.88. The summed E-state index contributed by atoms with van der Waals surface area (Å²) in [6.45, 7) is 0.989. The summed E-state index contributed by atoms with van der Waals surface area (Å²) in [6.07, 6.45) is 2.68. The van der Waals surface area contributed by atoms with Crippen molar-refractivity contribution in [1.82, 2.24) is 4.72 Å². The van der Waals surface area contributed by atoms with Crippen LogP contribution in [-0.4, -0.2) is 32.5 Å². The van der Waals surface area contributed by atoms with Crippen molar-refractivity contribution in [1.29, 1.82) is 0 Å². The van der Waals surface area contributed by atoms with E-state index >= 15 is 0 Å². The zero-order chi connectivity index (χ0) is 18.6. The number of carbonyl (C=O) groups excluding carboxylic acids is 1. The van der Waals surface area contributed by atoms with Crippen molar-refractivity contribution < 1.29 is 18.3 Å². The van der Waals surface area contributed by atoms with Gasteiger partial charge in [-0.25, -0.2) is 13.1 Å². The molecule has 3 rings (SSSR count). The second-order valence-electron chi connectivity index (χ2n) is 6.31. The Balaban J connectivity index is 1.55. The minimum absolute atomic E-state index is 0.0747. The number of sulfonamides is 1. The van der Waals surface area contributed by atoms with E-state index in [-0.39, 0.29) is 16.6 Å². The maximum atomic E-state index is 12.4. The molecule has 2 aromatic rings. The monoisotopic (exact) mass is 374 g/mol. The van der Waals surface area contributed by atoms with Gasteiger partial charge in [0.05, 0.1) is 4.90 Å². The Morgan fingerprint density at radius 2 is 1.88 bits per heavy atom. The van der Waals surface area contributed by atoms with Crippen LogP contribution in [0.25, 0.3) is 0 Å². The number of amides is 1. The van der Waals surface area contributed by atoms with Gasteiger partial charge >= 0.3 is 0 Å². The highest BCUT2D eigenvalue weighted by atomic mass is 32.2. The molecule has 0 saturated carbocycles. The molecule has 2 aromatic carbocycles. The van der Waals surface area contributed by atoms with Gasteiger partial charge in [0.25, 0.3) is 0 Å². The zero-order valence-corrected chi connectivity index (χ0v) is 15.2. The Kier molecular flexibility index (Phi) is 5.58. The minimum atomic E-state index is -3.58. The molecule has 26 heavy (non-hydrogen) atoms. The number of carbonyl (C=O) groups is 1. The average molecular weight is 374 g/mol. The summed E-state index contributed by atoms with van der Waals surface area (Å²) in [5.74, 6) is 0.283. The van der Waals surface area contributed by atoms with Crippen LogP contribution >= 0.6 is 0 Å². The van der Waals surface area contributed by atoms with Crippen LogP contribution in [0.2, 0.25) is 0 Å². The number of rotatable bonds is 7. The molecule has 1 aliphatic heterocycles. The molecule has 0 spiro atoms. The molecule has 0 aromatic heterocycles. The lowest BCUT2D eigenvalue weighted by Gasteiger charge is -2.16. The van der Waals surface area contributed by atoms with Gasteiger partial charge in [-0.3, -0.25) is 4.79 Å². The smallest absolute Gasteiger partial charge is 0.240 e. The quantitative estimate of drug-likeness (QED) is 0.729. The SMILES string of the molecule is O=C1CCCN1c1ccc(S(=O)(=O)NCCCc2cccc(O)c2)cc1. The number of aromatic hydroxyl groups is 1. The van der Waals surface area contributed by atoms with Crippen molar-refractivity contribution in [3.8, 4) is 5.75 Å². The molecule has 7 heteroatoms. The van der Waals surface area contributed by atoms with Gasteiger partial charge in [-0.15, -0.1) is 0 Å². The third-order valence-corrected chi connectivity index (χ3v) is 5.85. The average Bonchev–Trinajstić information content (AvgIpc) is 3.05. The van der Waals surface area contributed by atoms with Crippen LogP contribution in [0.3, 0.4) is 0 Å². The van der Waals surface area contributed by atoms with Crippen molar-refractivity contribution >= 4 is 21.6 Å². The number of benzene rings is 2. The number of hydrogen-bond donors (Lipinski definition) is 2. The summed E-state index contributed by atoms with van der Waals surface area (Å²) in [4.78, 5) is 13.6. The van der Waals surface area contributed by atoms with E-state index in [9.17, 15) is 18.3 Å². The lowest BCUT2D eigenvalue weighted by molar-refractivity contribution is -0.117. The molecule has 0 atom stereocenters. The van der Waals surface area contributed by atoms with Crippen LogP contribution in [0.5, 0.6) is 5.75 Å². The van der Waals surface area contributed by atoms with Crippen LogP contribution in [0.1, 0.15) is 24.8 Å². The predicted octanol–water partition coefficient (Wildman–Crippen LogP) is 2.43. The van der Waals surface area contributed by atoms with Crippen molar-refractivity contribution in [3.63, 3.8) is 0 Å². The number of hydrogen-bond acceptors (Lipinski definition) is 4. The van der Waals surface area contributed by atoms with Crippen molar-refractivity contribution in [3.05, 3.63) is 54.1 Å². The number of aryl methyl sites for hydroxylation is 1. The third-order valence-electron chi connectivity index (χ3n) is 4.38. The van der Waals surface area contributed by atoms with Crippen LogP contribution < -0.4 is 9.62 Å². The van der Waals surface area contributed by atoms with E-state index in [0.29, 0.717) is 32.4 Å². The van der Waals surface area contributed by atoms with Gasteiger partial charge in [-0.2, -0.15) is 0 Å². The van der Waals surface area contributed by atoms with Gasteiger partial charge < -0.3 is 10.0 Å². The molecule has 138 valence electrons. The largest absolute Gasteiger partial charge is 0.508 e. The summed E-state index contributed by atoms with van der Waals surface area (Å²) in [7, 11) is -3.58. The van der Waals surface area contributed by atoms with Crippen molar-refractivity contribution in [2.75, 3.05) is 18.0 Å². The fourth-order valence-electron chi connectivity index (χ4n) is 3.02. The molecular weight excluding hydrogens is 352 g/mol. The maximum absolute atomic E-state index is 12.4. The predicted molar refractivity (Wildman–Crippen MR) is 99.6 cm³/mol. The number of phenolic OH excluding ortho intramolecular Hbond substituents is 1. The lowest BCUT2D eigenvalue weighted by atomic mass is 10.1. The number of nitrogens with zero attached hydrogens (tertiary/aromatic N) is 1. The number of nitrogens with one attached hydrogen (secondary N) is 1. The third kappa shape index (κ3) is 4.42. The Morgan fingerprint density at radius 1 is 1.12 bits per heavy atom. The summed E-state index contributed by atoms with van der Waals surface area (Å²) in [5, 5.41) is 9.43. The Morgan fingerprint density at radius 3 is 2.54 bits per heavy atom. The number of phenols is 1. The molecule has 1 fully saturated rings. The second-order valence-corrected chi connectivity index (χ2v) is 8.08. The molecule has 0 radical (unpaired) electrons. The van der Waals surface area contributed by atoms with Crippen molar-refractivity contribution in [2.45, 2.75) is 30.6 Å². The van der Waals surface area contributed by atoms with Gasteiger partial charge in [-0.05, 0) is 61.2 Å². The first-order valence-electron chi connectivity index (χ1n) is 8.64. The van der Waals surface area contributed by atoms with Gasteiger partial charge in [0.2, 0.25) is 15.9 Å². The molecule has 0 aliphatic carbocycles. The first kappa shape index (κ1) is 18.4. The van der Waals surface area contributed by atoms with Crippen LogP contribution in [-0.2, 0) is 21.2 Å². The lowest BCUT2D eigenvalue weighted by Crippen LogP contribution is -2.26. The van der Waals surface area contributed by atoms with E-state index in [1.54, 1.807) is 35.2 Å². The normalized spacial score (nSPS) is 14.8. The molecule has 0 unspecified atom stereocenters. The molecule has 1 amide bonds. The number of anilines is 1. The molecule has 0 bridgehead atoms. The highest BCUT2D eigenvalue weighted by Crippen LogP contribution is 2.23. The first-order chi connectivity index (χ1) is 12.5. The summed E-state index contributed by atoms with van der Waals surface area (Å²) in [6, 6.07) is 13.3. The van der Waals surface area contributed by atoms with E-state index in [1.165, 1.54) is 12.1 Å². The highest BCUT2D eigenvalue weighted by Gasteiger charge is 2.22. The van der Waals surface area contributed by atoms with Gasteiger partial charge in [0.15, 0.2) is 0 Å². The molecule has 1 saturated heterocycles. The fraction of sp³-hybridized carbons (Fsp3) is 0.316. The van der Waals surface area contributed by atoms with Crippen LogP contribution in [0.15, 0.2) is 53.4 Å². The Labute approximate surface area is 153 Å². The summed E-state index contributed by atoms with van der Waals surface area (Å²) >= 11 is 0. The molecule has 6 nitrogen and oxygen atoms in total. The molecular formula is C19H22N2O4S. The topological polar surface area (TPSA) is 86.7 Å². The minimum Gasteiger partial charge on any atom is -0.508 e. The fourth-order valence-corrected chi connectivity index (χ4v) is 4.09. The van der Waals surface area contributed by atoms with Crippen LogP contribution in [0, 0.1) is 0 Å². The molecule has 1 aliphatic rings. The van der Waals surface area contributed by atoms with E-state index < -0.39 is 10.0 Å². The van der Waals surface area contributed by atoms with Gasteiger partial charge in [-0.1, -0.05) is 12.1 Å². The standard InChI is InChI=1S/C19H22N2O4S/c22-17-6-1-4-15(14-17)5-2-12-20-26(24,25)18-10-8-16(9-11-18)21-13-3-7-19(21)23/h1,4,6,8-11,14,20,22H,2-3,5,7,12-13H2. The van der Waals surface area contributed by atoms with Crippen LogP contribution in [0.4, 0.5) is 5.69 Å². The molecule has 1 heterocycles. The highest BCUT2D eigenvalue weighted by molar-refractivity contribution is 7.89. The maximum Gasteiger partial charge on any atom is 0.240 e. The van der Waals surface area contributed by atoms with E-state index in [4.69, 9.17) is 0 Å². The summed E-state index contributed by atoms with van der Waals surface area (Å²) < 4.78 is 27.3. The van der Waals surface area contributed by atoms with E-state index in [0.717, 1.165) is 17.7 Å². The Bertz CT molecular complexity index is 879. The zero-order valence-electron chi connectivity index (χ0n) is 14.4. The molecule has 2 N–H and O–H groups in total. The van der Waals surface area contributed by atoms with Gasteiger partial charge in [0, 0.05) is 25.2 Å². The van der Waals surface area contributed by atoms with E-state index in [2.05, 4.69) is 4.72 Å². The van der Waals surface area contributed by atoms with Crippen molar-refractivity contribution in [2.24, 2.45) is 0 Å². The first-order valence-corrected chi connectivity index (χ1v) is 10.1. The Hall–Kier alpha value is -2.38. The summed E-state index contributed by atoms with van der Waals surface area (Å²) in [5.41, 5.74) is 1.69.